The fourth-order valence-corrected chi connectivity index (χ4v) is 4.57. The number of urea groups is 1. The van der Waals surface area contributed by atoms with Crippen LogP contribution < -0.4 is 20.4 Å². The predicted octanol–water partition coefficient (Wildman–Crippen LogP) is 3.06. The van der Waals surface area contributed by atoms with Crippen LogP contribution in [0.4, 0.5) is 33.6 Å². The minimum Gasteiger partial charge on any atom is -0.369 e. The molecule has 0 unspecified atom stereocenters. The van der Waals surface area contributed by atoms with E-state index in [0.29, 0.717) is 29.6 Å². The third-order valence-electron chi connectivity index (χ3n) is 6.78. The summed E-state index contributed by atoms with van der Waals surface area (Å²) in [6.07, 6.45) is 6.16. The van der Waals surface area contributed by atoms with Crippen LogP contribution in [0.5, 0.6) is 0 Å². The van der Waals surface area contributed by atoms with Crippen molar-refractivity contribution in [3.05, 3.63) is 72.7 Å². The van der Waals surface area contributed by atoms with Crippen LogP contribution in [0.3, 0.4) is 0 Å². The average Bonchev–Trinajstić information content (AvgIpc) is 2.94. The van der Waals surface area contributed by atoms with E-state index in [9.17, 15) is 9.59 Å². The van der Waals surface area contributed by atoms with Crippen LogP contribution in [0.2, 0.25) is 0 Å². The second-order valence-electron chi connectivity index (χ2n) is 9.43. The number of likely N-dealkylation sites (N-methyl/N-ethyl adjacent to an activating group) is 1. The molecule has 2 aliphatic rings. The molecule has 0 aliphatic carbocycles. The van der Waals surface area contributed by atoms with Gasteiger partial charge >= 0.3 is 6.03 Å². The van der Waals surface area contributed by atoms with Gasteiger partial charge in [0, 0.05) is 80.0 Å². The minimum absolute atomic E-state index is 0.205. The Labute approximate surface area is 221 Å². The molecule has 1 fully saturated rings. The Morgan fingerprint density at radius 1 is 1.08 bits per heavy atom. The Kier molecular flexibility index (Phi) is 7.18. The number of nitrogens with one attached hydrogen (secondary N) is 2. The Morgan fingerprint density at radius 2 is 1.84 bits per heavy atom. The summed E-state index contributed by atoms with van der Waals surface area (Å²) >= 11 is 0. The molecule has 11 nitrogen and oxygen atoms in total. The first-order valence-electron chi connectivity index (χ1n) is 12.5. The van der Waals surface area contributed by atoms with Gasteiger partial charge in [0.2, 0.25) is 11.9 Å². The molecule has 0 saturated carbocycles. The van der Waals surface area contributed by atoms with Gasteiger partial charge in [-0.1, -0.05) is 6.58 Å². The third kappa shape index (κ3) is 5.42. The first kappa shape index (κ1) is 25.2. The summed E-state index contributed by atoms with van der Waals surface area (Å²) in [5.41, 5.74) is 4.19. The number of anilines is 5. The quantitative estimate of drug-likeness (QED) is 0.464. The molecule has 2 aliphatic heterocycles. The van der Waals surface area contributed by atoms with Crippen molar-refractivity contribution in [2.24, 2.45) is 0 Å². The molecule has 0 bridgehead atoms. The summed E-state index contributed by atoms with van der Waals surface area (Å²) in [7, 11) is 3.84. The SMILES string of the molecule is C=CC(=O)Nc1ccncc1CN1Cc2cnc(Nc3ccc(N4CCN(C)CC4)cc3)nc2N(C)C1=O. The highest BCUT2D eigenvalue weighted by molar-refractivity contribution is 5.99. The number of aromatic nitrogens is 3. The summed E-state index contributed by atoms with van der Waals surface area (Å²) in [6.45, 7) is 8.23. The molecule has 2 N–H and O–H groups in total. The van der Waals surface area contributed by atoms with Crippen LogP contribution in [-0.2, 0) is 17.9 Å². The van der Waals surface area contributed by atoms with Crippen molar-refractivity contribution >= 4 is 40.8 Å². The minimum atomic E-state index is -0.327. The fourth-order valence-electron chi connectivity index (χ4n) is 4.57. The largest absolute Gasteiger partial charge is 0.369 e. The normalized spacial score (nSPS) is 15.7. The maximum absolute atomic E-state index is 13.2. The number of nitrogens with zero attached hydrogens (tertiary/aromatic N) is 7. The van der Waals surface area contributed by atoms with Crippen molar-refractivity contribution < 1.29 is 9.59 Å². The van der Waals surface area contributed by atoms with Gasteiger partial charge in [-0.2, -0.15) is 4.98 Å². The third-order valence-corrected chi connectivity index (χ3v) is 6.78. The number of hydrogen-bond donors (Lipinski definition) is 2. The summed E-state index contributed by atoms with van der Waals surface area (Å²) < 4.78 is 0. The molecule has 38 heavy (non-hydrogen) atoms. The Morgan fingerprint density at radius 3 is 2.58 bits per heavy atom. The summed E-state index contributed by atoms with van der Waals surface area (Å²) in [6, 6.07) is 9.73. The molecule has 1 saturated heterocycles. The standard InChI is InChI=1S/C27H31N9O2/c1-4-24(37)31-23-9-10-28-15-19(23)17-36-18-20-16-29-26(32-25(20)34(3)27(36)38)30-21-5-7-22(8-6-21)35-13-11-33(2)12-14-35/h4-10,15-16H,1,11-14,17-18H2,2-3H3,(H,28,31,37)(H,29,30,32). The van der Waals surface area contributed by atoms with Crippen molar-refractivity contribution in [3.8, 4) is 0 Å². The maximum Gasteiger partial charge on any atom is 0.326 e. The van der Waals surface area contributed by atoms with E-state index < -0.39 is 0 Å². The molecule has 3 amide bonds. The van der Waals surface area contributed by atoms with E-state index in [0.717, 1.165) is 37.4 Å². The molecule has 196 valence electrons. The van der Waals surface area contributed by atoms with E-state index >= 15 is 0 Å². The van der Waals surface area contributed by atoms with Crippen LogP contribution in [0, 0.1) is 0 Å². The monoisotopic (exact) mass is 513 g/mol. The molecule has 0 atom stereocenters. The Hall–Kier alpha value is -4.51. The zero-order valence-corrected chi connectivity index (χ0v) is 21.6. The number of fused-ring (bicyclic) bond motifs is 1. The highest BCUT2D eigenvalue weighted by Crippen LogP contribution is 2.29. The molecule has 3 aromatic rings. The smallest absolute Gasteiger partial charge is 0.326 e. The zero-order valence-electron chi connectivity index (χ0n) is 21.6. The lowest BCUT2D eigenvalue weighted by molar-refractivity contribution is -0.111. The lowest BCUT2D eigenvalue weighted by atomic mass is 10.1. The molecule has 0 radical (unpaired) electrons. The van der Waals surface area contributed by atoms with Crippen molar-refractivity contribution in [1.82, 2.24) is 24.8 Å². The van der Waals surface area contributed by atoms with Crippen molar-refractivity contribution in [3.63, 3.8) is 0 Å². The predicted molar refractivity (Wildman–Crippen MR) is 148 cm³/mol. The van der Waals surface area contributed by atoms with Gasteiger partial charge in [0.15, 0.2) is 0 Å². The number of hydrogen-bond acceptors (Lipinski definition) is 8. The lowest BCUT2D eigenvalue weighted by Gasteiger charge is -2.34. The number of carbonyl (C=O) groups is 2. The Bertz CT molecular complexity index is 1340. The lowest BCUT2D eigenvalue weighted by Crippen LogP contribution is -2.45. The Balaban J connectivity index is 1.28. The molecular weight excluding hydrogens is 482 g/mol. The van der Waals surface area contributed by atoms with E-state index in [2.05, 4.69) is 61.1 Å². The van der Waals surface area contributed by atoms with E-state index in [1.54, 1.807) is 36.6 Å². The number of benzene rings is 1. The van der Waals surface area contributed by atoms with E-state index in [4.69, 9.17) is 0 Å². The molecule has 4 heterocycles. The second kappa shape index (κ2) is 10.9. The molecule has 11 heteroatoms. The van der Waals surface area contributed by atoms with Crippen LogP contribution in [-0.4, -0.2) is 77.0 Å². The summed E-state index contributed by atoms with van der Waals surface area (Å²) in [4.78, 5) is 46.2. The molecule has 1 aromatic carbocycles. The summed E-state index contributed by atoms with van der Waals surface area (Å²) in [5, 5.41) is 6.02. The molecule has 0 spiro atoms. The van der Waals surface area contributed by atoms with Crippen molar-refractivity contribution in [2.45, 2.75) is 13.1 Å². The number of carbonyl (C=O) groups excluding carboxylic acids is 2. The molecule has 2 aromatic heterocycles. The van der Waals surface area contributed by atoms with Gasteiger partial charge in [0.25, 0.3) is 0 Å². The van der Waals surface area contributed by atoms with Gasteiger partial charge < -0.3 is 25.3 Å². The van der Waals surface area contributed by atoms with Crippen LogP contribution in [0.25, 0.3) is 0 Å². The topological polar surface area (TPSA) is 110 Å². The van der Waals surface area contributed by atoms with Crippen LogP contribution >= 0.6 is 0 Å². The van der Waals surface area contributed by atoms with Crippen LogP contribution in [0.1, 0.15) is 11.1 Å². The number of pyridine rings is 1. The van der Waals surface area contributed by atoms with Crippen molar-refractivity contribution in [1.29, 1.82) is 0 Å². The van der Waals surface area contributed by atoms with Gasteiger partial charge in [-0.25, -0.2) is 9.78 Å². The van der Waals surface area contributed by atoms with Gasteiger partial charge in [0.1, 0.15) is 5.82 Å². The second-order valence-corrected chi connectivity index (χ2v) is 9.43. The first-order valence-corrected chi connectivity index (χ1v) is 12.5. The highest BCUT2D eigenvalue weighted by atomic mass is 16.2. The van der Waals surface area contributed by atoms with E-state index in [1.807, 2.05) is 12.1 Å². The molecular formula is C27H31N9O2. The first-order chi connectivity index (χ1) is 18.4. The van der Waals surface area contributed by atoms with Crippen LogP contribution in [0.15, 0.2) is 61.6 Å². The fraction of sp³-hybridized carbons (Fsp3) is 0.296. The van der Waals surface area contributed by atoms with Gasteiger partial charge in [-0.15, -0.1) is 0 Å². The van der Waals surface area contributed by atoms with E-state index in [1.165, 1.54) is 16.7 Å². The van der Waals surface area contributed by atoms with Gasteiger partial charge in [-0.05, 0) is 43.5 Å². The van der Waals surface area contributed by atoms with Gasteiger partial charge in [-0.3, -0.25) is 14.7 Å². The van der Waals surface area contributed by atoms with Crippen molar-refractivity contribution in [2.75, 3.05) is 60.7 Å². The highest BCUT2D eigenvalue weighted by Gasteiger charge is 2.30. The molecule has 5 rings (SSSR count). The number of amides is 3. The number of rotatable bonds is 7. The summed E-state index contributed by atoms with van der Waals surface area (Å²) in [5.74, 6) is 0.655. The van der Waals surface area contributed by atoms with E-state index in [-0.39, 0.29) is 18.5 Å². The van der Waals surface area contributed by atoms with Gasteiger partial charge in [0.05, 0.1) is 13.1 Å². The number of piperazine rings is 1. The zero-order chi connectivity index (χ0) is 26.6. The maximum atomic E-state index is 13.2. The average molecular weight is 514 g/mol.